The maximum absolute atomic E-state index is 11.3. The summed E-state index contributed by atoms with van der Waals surface area (Å²) in [6, 6.07) is 1.76. The highest BCUT2D eigenvalue weighted by Crippen LogP contribution is 2.25. The number of fused-ring (bicyclic) bond motifs is 1. The van der Waals surface area contributed by atoms with Crippen molar-refractivity contribution in [1.82, 2.24) is 4.98 Å². The molecule has 1 aromatic rings. The summed E-state index contributed by atoms with van der Waals surface area (Å²) in [5.41, 5.74) is 2.44. The number of aromatic nitrogens is 1. The molecule has 4 nitrogen and oxygen atoms in total. The molecule has 0 N–H and O–H groups in total. The van der Waals surface area contributed by atoms with Crippen molar-refractivity contribution >= 4 is 17.7 Å². The Morgan fingerprint density at radius 2 is 2.44 bits per heavy atom. The van der Waals surface area contributed by atoms with Crippen molar-refractivity contribution in [2.24, 2.45) is 0 Å². The van der Waals surface area contributed by atoms with Crippen molar-refractivity contribution < 1.29 is 9.53 Å². The highest BCUT2D eigenvalue weighted by atomic mass is 16.5. The van der Waals surface area contributed by atoms with E-state index in [0.717, 1.165) is 24.3 Å². The molecule has 0 radical (unpaired) electrons. The van der Waals surface area contributed by atoms with Gasteiger partial charge in [-0.15, -0.1) is 0 Å². The van der Waals surface area contributed by atoms with Crippen LogP contribution in [0.1, 0.15) is 23.0 Å². The van der Waals surface area contributed by atoms with Crippen LogP contribution in [0.25, 0.3) is 6.08 Å². The monoisotopic (exact) mass is 218 g/mol. The van der Waals surface area contributed by atoms with Gasteiger partial charge in [0.15, 0.2) is 0 Å². The number of anilines is 1. The molecule has 2 rings (SSSR count). The van der Waals surface area contributed by atoms with Gasteiger partial charge in [-0.05, 0) is 13.0 Å². The van der Waals surface area contributed by atoms with E-state index >= 15 is 0 Å². The summed E-state index contributed by atoms with van der Waals surface area (Å²) < 4.78 is 4.64. The van der Waals surface area contributed by atoms with Gasteiger partial charge in [-0.25, -0.2) is 9.78 Å². The smallest absolute Gasteiger partial charge is 0.356 e. The fourth-order valence-corrected chi connectivity index (χ4v) is 1.78. The lowest BCUT2D eigenvalue weighted by Crippen LogP contribution is -2.25. The van der Waals surface area contributed by atoms with Gasteiger partial charge in [0, 0.05) is 18.7 Å². The molecule has 2 heterocycles. The summed E-state index contributed by atoms with van der Waals surface area (Å²) in [6.07, 6.45) is 5.82. The van der Waals surface area contributed by atoms with E-state index in [4.69, 9.17) is 0 Å². The number of rotatable bonds is 2. The Balaban J connectivity index is 2.40. The molecule has 1 aliphatic rings. The van der Waals surface area contributed by atoms with Crippen LogP contribution in [-0.4, -0.2) is 31.2 Å². The molecule has 0 unspecified atom stereocenters. The first-order valence-corrected chi connectivity index (χ1v) is 5.26. The lowest BCUT2D eigenvalue weighted by Gasteiger charge is -2.26. The molecule has 4 heteroatoms. The van der Waals surface area contributed by atoms with Crippen LogP contribution >= 0.6 is 0 Å². The fraction of sp³-hybridized carbons (Fsp3) is 0.333. The molecule has 0 saturated heterocycles. The number of likely N-dealkylation sites (N-methyl/N-ethyl adjacent to an activating group) is 1. The molecule has 0 spiro atoms. The number of methoxy groups -OCH3 is 1. The minimum absolute atomic E-state index is 0.351. The topological polar surface area (TPSA) is 42.4 Å². The first-order chi connectivity index (χ1) is 7.76. The zero-order valence-corrected chi connectivity index (χ0v) is 9.43. The van der Waals surface area contributed by atoms with E-state index < -0.39 is 5.97 Å². The number of esters is 1. The summed E-state index contributed by atoms with van der Waals surface area (Å²) in [5.74, 6) is -0.398. The Morgan fingerprint density at radius 3 is 3.12 bits per heavy atom. The molecule has 0 saturated carbocycles. The average Bonchev–Trinajstić information content (AvgIpc) is 2.36. The lowest BCUT2D eigenvalue weighted by molar-refractivity contribution is 0.0594. The SMILES string of the molecule is CCN1CC=Cc2cc(C(=O)OC)ncc21. The van der Waals surface area contributed by atoms with Crippen LogP contribution in [0.4, 0.5) is 5.69 Å². The average molecular weight is 218 g/mol. The molecule has 0 amide bonds. The number of nitrogens with zero attached hydrogens (tertiary/aromatic N) is 2. The third kappa shape index (κ3) is 1.78. The predicted molar refractivity (Wildman–Crippen MR) is 62.5 cm³/mol. The molecule has 0 aliphatic carbocycles. The van der Waals surface area contributed by atoms with Gasteiger partial charge in [0.25, 0.3) is 0 Å². The number of hydrogen-bond donors (Lipinski definition) is 0. The molecule has 0 bridgehead atoms. The minimum atomic E-state index is -0.398. The lowest BCUT2D eigenvalue weighted by atomic mass is 10.1. The molecule has 16 heavy (non-hydrogen) atoms. The summed E-state index contributed by atoms with van der Waals surface area (Å²) in [7, 11) is 1.36. The molecule has 0 fully saturated rings. The van der Waals surface area contributed by atoms with Gasteiger partial charge >= 0.3 is 5.97 Å². The van der Waals surface area contributed by atoms with Crippen LogP contribution in [-0.2, 0) is 4.74 Å². The van der Waals surface area contributed by atoms with Crippen molar-refractivity contribution in [2.45, 2.75) is 6.92 Å². The Bertz CT molecular complexity index is 441. The number of hydrogen-bond acceptors (Lipinski definition) is 4. The normalized spacial score (nSPS) is 13.5. The quantitative estimate of drug-likeness (QED) is 0.709. The molecule has 0 atom stereocenters. The second-order valence-corrected chi connectivity index (χ2v) is 3.56. The highest BCUT2D eigenvalue weighted by molar-refractivity contribution is 5.89. The minimum Gasteiger partial charge on any atom is -0.464 e. The molecule has 1 aliphatic heterocycles. The van der Waals surface area contributed by atoms with Gasteiger partial charge in [0.05, 0.1) is 19.0 Å². The van der Waals surface area contributed by atoms with Gasteiger partial charge in [-0.2, -0.15) is 0 Å². The number of pyridine rings is 1. The van der Waals surface area contributed by atoms with Gasteiger partial charge in [0.2, 0.25) is 0 Å². The van der Waals surface area contributed by atoms with Crippen LogP contribution in [0.2, 0.25) is 0 Å². The van der Waals surface area contributed by atoms with Crippen LogP contribution < -0.4 is 4.90 Å². The van der Waals surface area contributed by atoms with E-state index in [9.17, 15) is 4.79 Å². The van der Waals surface area contributed by atoms with Crippen molar-refractivity contribution in [3.8, 4) is 0 Å². The molecule has 0 aromatic carbocycles. The maximum Gasteiger partial charge on any atom is 0.356 e. The third-order valence-electron chi connectivity index (χ3n) is 2.65. The second kappa shape index (κ2) is 4.35. The van der Waals surface area contributed by atoms with Gasteiger partial charge < -0.3 is 9.64 Å². The molecular formula is C12H14N2O2. The Morgan fingerprint density at radius 1 is 1.62 bits per heavy atom. The summed E-state index contributed by atoms with van der Waals surface area (Å²) in [6.45, 7) is 3.91. The first-order valence-electron chi connectivity index (χ1n) is 5.26. The first kappa shape index (κ1) is 10.7. The van der Waals surface area contributed by atoms with Crippen molar-refractivity contribution in [3.63, 3.8) is 0 Å². The van der Waals surface area contributed by atoms with E-state index in [0.29, 0.717) is 5.69 Å². The van der Waals surface area contributed by atoms with Crippen molar-refractivity contribution in [1.29, 1.82) is 0 Å². The summed E-state index contributed by atoms with van der Waals surface area (Å²) in [4.78, 5) is 17.6. The maximum atomic E-state index is 11.3. The third-order valence-corrected chi connectivity index (χ3v) is 2.65. The highest BCUT2D eigenvalue weighted by Gasteiger charge is 2.15. The Hall–Kier alpha value is -1.84. The largest absolute Gasteiger partial charge is 0.464 e. The standard InChI is InChI=1S/C12H14N2O2/c1-3-14-6-4-5-9-7-10(12(15)16-2)13-8-11(9)14/h4-5,7-8H,3,6H2,1-2H3. The number of ether oxygens (including phenoxy) is 1. The summed E-state index contributed by atoms with van der Waals surface area (Å²) in [5, 5.41) is 0. The molecular weight excluding hydrogens is 204 g/mol. The van der Waals surface area contributed by atoms with Crippen LogP contribution in [0.3, 0.4) is 0 Å². The van der Waals surface area contributed by atoms with E-state index in [1.807, 2.05) is 6.08 Å². The number of carbonyl (C=O) groups is 1. The fourth-order valence-electron chi connectivity index (χ4n) is 1.78. The van der Waals surface area contributed by atoms with Gasteiger partial charge in [-0.1, -0.05) is 12.2 Å². The van der Waals surface area contributed by atoms with Crippen molar-refractivity contribution in [3.05, 3.63) is 29.6 Å². The van der Waals surface area contributed by atoms with E-state index in [1.54, 1.807) is 12.3 Å². The van der Waals surface area contributed by atoms with Crippen LogP contribution in [0.15, 0.2) is 18.3 Å². The van der Waals surface area contributed by atoms with E-state index in [2.05, 4.69) is 27.6 Å². The zero-order chi connectivity index (χ0) is 11.5. The van der Waals surface area contributed by atoms with Crippen LogP contribution in [0.5, 0.6) is 0 Å². The Labute approximate surface area is 94.5 Å². The zero-order valence-electron chi connectivity index (χ0n) is 9.43. The van der Waals surface area contributed by atoms with Gasteiger partial charge in [0.1, 0.15) is 5.69 Å². The molecule has 1 aromatic heterocycles. The number of carbonyl (C=O) groups excluding carboxylic acids is 1. The molecule has 84 valence electrons. The van der Waals surface area contributed by atoms with Gasteiger partial charge in [-0.3, -0.25) is 0 Å². The van der Waals surface area contributed by atoms with E-state index in [-0.39, 0.29) is 0 Å². The van der Waals surface area contributed by atoms with E-state index in [1.165, 1.54) is 7.11 Å². The predicted octanol–water partition coefficient (Wildman–Crippen LogP) is 1.72. The Kier molecular flexibility index (Phi) is 2.90. The van der Waals surface area contributed by atoms with Crippen LogP contribution in [0, 0.1) is 0 Å². The summed E-state index contributed by atoms with van der Waals surface area (Å²) >= 11 is 0. The van der Waals surface area contributed by atoms with Crippen molar-refractivity contribution in [2.75, 3.05) is 25.1 Å². The second-order valence-electron chi connectivity index (χ2n) is 3.56.